The van der Waals surface area contributed by atoms with Crippen molar-refractivity contribution in [2.45, 2.75) is 59.2 Å². The van der Waals surface area contributed by atoms with Crippen molar-refractivity contribution in [1.82, 2.24) is 5.32 Å². The Morgan fingerprint density at radius 2 is 1.76 bits per heavy atom. The van der Waals surface area contributed by atoms with E-state index in [1.807, 2.05) is 45.0 Å². The Bertz CT molecular complexity index is 428. The highest BCUT2D eigenvalue weighted by atomic mass is 16.5. The monoisotopic (exact) mass is 293 g/mol. The van der Waals surface area contributed by atoms with Crippen LogP contribution in [0.25, 0.3) is 0 Å². The quantitative estimate of drug-likeness (QED) is 0.746. The second kappa shape index (κ2) is 8.67. The Morgan fingerprint density at radius 3 is 2.24 bits per heavy atom. The van der Waals surface area contributed by atoms with E-state index in [0.29, 0.717) is 6.61 Å². The van der Waals surface area contributed by atoms with Crippen LogP contribution in [0.2, 0.25) is 0 Å². The summed E-state index contributed by atoms with van der Waals surface area (Å²) < 4.78 is 10.8. The van der Waals surface area contributed by atoms with E-state index in [-0.39, 0.29) is 18.1 Å². The zero-order valence-electron chi connectivity index (χ0n) is 13.7. The first-order valence-corrected chi connectivity index (χ1v) is 7.67. The maximum absolute atomic E-state index is 12.1. The second-order valence-electron chi connectivity index (χ2n) is 5.40. The first-order valence-electron chi connectivity index (χ1n) is 7.67. The fourth-order valence-corrected chi connectivity index (χ4v) is 1.94. The predicted molar refractivity (Wildman–Crippen MR) is 84.5 cm³/mol. The van der Waals surface area contributed by atoms with Gasteiger partial charge >= 0.3 is 5.97 Å². The molecule has 0 aliphatic heterocycles. The van der Waals surface area contributed by atoms with Crippen molar-refractivity contribution in [2.24, 2.45) is 0 Å². The fourth-order valence-electron chi connectivity index (χ4n) is 1.94. The smallest absolute Gasteiger partial charge is 0.327 e. The topological polar surface area (TPSA) is 47.6 Å². The summed E-state index contributed by atoms with van der Waals surface area (Å²) in [5.41, 5.74) is 0.893. The predicted octanol–water partition coefficient (Wildman–Crippen LogP) is 3.47. The summed E-state index contributed by atoms with van der Waals surface area (Å²) in [6, 6.07) is 7.40. The second-order valence-corrected chi connectivity index (χ2v) is 5.40. The minimum absolute atomic E-state index is 0.134. The minimum Gasteiger partial charge on any atom is -0.491 e. The summed E-state index contributed by atoms with van der Waals surface area (Å²) in [6.45, 7) is 10.3. The van der Waals surface area contributed by atoms with Crippen molar-refractivity contribution in [3.8, 4) is 5.75 Å². The summed E-state index contributed by atoms with van der Waals surface area (Å²) in [7, 11) is 0. The van der Waals surface area contributed by atoms with E-state index in [1.165, 1.54) is 0 Å². The largest absolute Gasteiger partial charge is 0.491 e. The van der Waals surface area contributed by atoms with Gasteiger partial charge in [0.2, 0.25) is 0 Å². The number of rotatable bonds is 8. The molecule has 1 N–H and O–H groups in total. The van der Waals surface area contributed by atoms with Crippen molar-refractivity contribution < 1.29 is 14.3 Å². The van der Waals surface area contributed by atoms with Crippen molar-refractivity contribution in [3.63, 3.8) is 0 Å². The average Bonchev–Trinajstić information content (AvgIpc) is 2.45. The summed E-state index contributed by atoms with van der Waals surface area (Å²) in [5.74, 6) is 0.565. The van der Waals surface area contributed by atoms with E-state index < -0.39 is 6.04 Å². The molecular weight excluding hydrogens is 266 g/mol. The minimum atomic E-state index is -0.437. The zero-order chi connectivity index (χ0) is 15.8. The van der Waals surface area contributed by atoms with Gasteiger partial charge in [-0.25, -0.2) is 4.79 Å². The maximum atomic E-state index is 12.1. The van der Waals surface area contributed by atoms with Crippen LogP contribution in [0.1, 0.15) is 52.6 Å². The highest BCUT2D eigenvalue weighted by Crippen LogP contribution is 2.21. The van der Waals surface area contributed by atoms with Gasteiger partial charge in [0.25, 0.3) is 0 Å². The van der Waals surface area contributed by atoms with E-state index in [0.717, 1.165) is 17.7 Å². The molecule has 4 nitrogen and oxygen atoms in total. The third-order valence-corrected chi connectivity index (χ3v) is 3.17. The molecule has 4 heteroatoms. The lowest BCUT2D eigenvalue weighted by Gasteiger charge is -2.22. The molecule has 0 bridgehead atoms. The van der Waals surface area contributed by atoms with Crippen LogP contribution in [0.15, 0.2) is 24.3 Å². The molecule has 0 spiro atoms. The molecule has 2 atom stereocenters. The lowest BCUT2D eigenvalue weighted by molar-refractivity contribution is -0.146. The van der Waals surface area contributed by atoms with E-state index >= 15 is 0 Å². The van der Waals surface area contributed by atoms with Crippen LogP contribution in [0.4, 0.5) is 0 Å². The average molecular weight is 293 g/mol. The highest BCUT2D eigenvalue weighted by Gasteiger charge is 2.23. The van der Waals surface area contributed by atoms with Gasteiger partial charge in [0.15, 0.2) is 0 Å². The molecule has 0 aromatic heterocycles. The number of hydrogen-bond donors (Lipinski definition) is 1. The summed E-state index contributed by atoms with van der Waals surface area (Å²) in [6.07, 6.45) is 1.08. The van der Waals surface area contributed by atoms with Gasteiger partial charge in [-0.15, -0.1) is 0 Å². The molecule has 1 aromatic carbocycles. The van der Waals surface area contributed by atoms with E-state index in [9.17, 15) is 4.79 Å². The van der Waals surface area contributed by atoms with Gasteiger partial charge in [0, 0.05) is 6.04 Å². The molecule has 2 unspecified atom stereocenters. The van der Waals surface area contributed by atoms with Gasteiger partial charge in [0.1, 0.15) is 11.8 Å². The van der Waals surface area contributed by atoms with Crippen molar-refractivity contribution in [3.05, 3.63) is 29.8 Å². The Balaban J connectivity index is 2.88. The molecule has 0 radical (unpaired) electrons. The highest BCUT2D eigenvalue weighted by molar-refractivity contribution is 5.77. The van der Waals surface area contributed by atoms with E-state index in [2.05, 4.69) is 19.2 Å². The molecule has 0 heterocycles. The number of hydrogen-bond acceptors (Lipinski definition) is 4. The number of esters is 1. The first kappa shape index (κ1) is 17.5. The van der Waals surface area contributed by atoms with Gasteiger partial charge < -0.3 is 9.47 Å². The lowest BCUT2D eigenvalue weighted by atomic mass is 10.1. The maximum Gasteiger partial charge on any atom is 0.327 e. The van der Waals surface area contributed by atoms with E-state index in [1.54, 1.807) is 0 Å². The molecule has 0 fully saturated rings. The lowest BCUT2D eigenvalue weighted by Crippen LogP contribution is -2.36. The third-order valence-electron chi connectivity index (χ3n) is 3.17. The van der Waals surface area contributed by atoms with Crippen LogP contribution in [-0.2, 0) is 9.53 Å². The van der Waals surface area contributed by atoms with Gasteiger partial charge in [0.05, 0.1) is 12.7 Å². The van der Waals surface area contributed by atoms with Crippen LogP contribution in [0.5, 0.6) is 5.75 Å². The molecule has 21 heavy (non-hydrogen) atoms. The van der Waals surface area contributed by atoms with Gasteiger partial charge in [-0.2, -0.15) is 0 Å². The molecule has 118 valence electrons. The summed E-state index contributed by atoms with van der Waals surface area (Å²) >= 11 is 0. The van der Waals surface area contributed by atoms with Crippen LogP contribution < -0.4 is 10.1 Å². The Kier molecular flexibility index (Phi) is 7.23. The molecule has 0 aliphatic rings. The Morgan fingerprint density at radius 1 is 1.14 bits per heavy atom. The molecule has 0 saturated heterocycles. The molecule has 0 amide bonds. The van der Waals surface area contributed by atoms with E-state index in [4.69, 9.17) is 9.47 Å². The summed E-state index contributed by atoms with van der Waals surface area (Å²) in [4.78, 5) is 12.1. The third kappa shape index (κ3) is 5.76. The van der Waals surface area contributed by atoms with Gasteiger partial charge in [-0.3, -0.25) is 5.32 Å². The molecule has 0 aliphatic carbocycles. The van der Waals surface area contributed by atoms with Gasteiger partial charge in [-0.1, -0.05) is 19.1 Å². The fraction of sp³-hybridized carbons (Fsp3) is 0.588. The SMILES string of the molecule is CCOC(=O)C(NC(C)CC)c1ccc(OC(C)C)cc1. The van der Waals surface area contributed by atoms with Crippen molar-refractivity contribution in [2.75, 3.05) is 6.61 Å². The Hall–Kier alpha value is -1.55. The normalized spacial score (nSPS) is 13.8. The number of carbonyl (C=O) groups is 1. The molecule has 1 rings (SSSR count). The van der Waals surface area contributed by atoms with Crippen LogP contribution in [0.3, 0.4) is 0 Å². The Labute approximate surface area is 127 Å². The standard InChI is InChI=1S/C17H27NO3/c1-6-13(5)18-16(17(19)20-7-2)14-8-10-15(11-9-14)21-12(3)4/h8-13,16,18H,6-7H2,1-5H3. The first-order chi connectivity index (χ1) is 9.97. The molecule has 1 aromatic rings. The van der Waals surface area contributed by atoms with Crippen LogP contribution >= 0.6 is 0 Å². The van der Waals surface area contributed by atoms with Crippen LogP contribution in [-0.4, -0.2) is 24.7 Å². The number of benzene rings is 1. The van der Waals surface area contributed by atoms with Crippen molar-refractivity contribution in [1.29, 1.82) is 0 Å². The molecular formula is C17H27NO3. The number of ether oxygens (including phenoxy) is 2. The number of nitrogens with one attached hydrogen (secondary N) is 1. The van der Waals surface area contributed by atoms with Gasteiger partial charge in [-0.05, 0) is 51.8 Å². The van der Waals surface area contributed by atoms with Crippen molar-refractivity contribution >= 4 is 5.97 Å². The zero-order valence-corrected chi connectivity index (χ0v) is 13.7. The molecule has 0 saturated carbocycles. The summed E-state index contributed by atoms with van der Waals surface area (Å²) in [5, 5.41) is 3.31. The number of carbonyl (C=O) groups excluding carboxylic acids is 1. The van der Waals surface area contributed by atoms with Crippen LogP contribution in [0, 0.1) is 0 Å².